The van der Waals surface area contributed by atoms with E-state index in [1.807, 2.05) is 0 Å². The van der Waals surface area contributed by atoms with Crippen molar-refractivity contribution in [1.82, 2.24) is 0 Å². The summed E-state index contributed by atoms with van der Waals surface area (Å²) < 4.78 is 5.58. The monoisotopic (exact) mass is 494 g/mol. The van der Waals surface area contributed by atoms with Gasteiger partial charge in [-0.2, -0.15) is 0 Å². The smallest absolute Gasteiger partial charge is 0.195 e. The molecule has 30 heavy (non-hydrogen) atoms. The van der Waals surface area contributed by atoms with Crippen LogP contribution >= 0.6 is 46.4 Å². The topological polar surface area (TPSA) is 90.2 Å². The zero-order valence-corrected chi connectivity index (χ0v) is 19.3. The number of hydrogen-bond acceptors (Lipinski definition) is 5. The van der Waals surface area contributed by atoms with Crippen LogP contribution in [0.4, 0.5) is 0 Å². The molecule has 1 saturated heterocycles. The van der Waals surface area contributed by atoms with Gasteiger partial charge in [0.05, 0.1) is 6.10 Å². The molecule has 5 nitrogen and oxygen atoms in total. The van der Waals surface area contributed by atoms with Gasteiger partial charge in [-0.25, -0.2) is 0 Å². The lowest BCUT2D eigenvalue weighted by Crippen LogP contribution is -2.63. The Kier molecular flexibility index (Phi) is 6.73. The molecule has 2 aromatic carbocycles. The van der Waals surface area contributed by atoms with E-state index in [1.54, 1.807) is 24.3 Å². The van der Waals surface area contributed by atoms with Gasteiger partial charge in [0.2, 0.25) is 0 Å². The third-order valence-corrected chi connectivity index (χ3v) is 7.02. The first kappa shape index (κ1) is 24.1. The molecule has 1 aliphatic rings. The fourth-order valence-electron chi connectivity index (χ4n) is 3.78. The van der Waals surface area contributed by atoms with Crippen LogP contribution in [0.15, 0.2) is 36.4 Å². The van der Waals surface area contributed by atoms with Gasteiger partial charge in [0, 0.05) is 32.9 Å². The SMILES string of the molecule is C[C@]1(O)[C@@](C)(O)O[C@H](C(O)Cc2ccc(Cl)cc2Cl)[C@]1(O)Cc1ccc(Cl)cc1Cl. The maximum atomic E-state index is 11.6. The van der Waals surface area contributed by atoms with E-state index in [1.165, 1.54) is 26.0 Å². The Bertz CT molecular complexity index is 949. The highest BCUT2D eigenvalue weighted by atomic mass is 35.5. The lowest BCUT2D eigenvalue weighted by molar-refractivity contribution is -0.258. The van der Waals surface area contributed by atoms with Gasteiger partial charge in [0.15, 0.2) is 5.79 Å². The van der Waals surface area contributed by atoms with Crippen LogP contribution in [-0.4, -0.2) is 49.6 Å². The first-order valence-corrected chi connectivity index (χ1v) is 10.7. The third kappa shape index (κ3) is 4.20. The largest absolute Gasteiger partial charge is 0.390 e. The van der Waals surface area contributed by atoms with Crippen LogP contribution in [0.1, 0.15) is 25.0 Å². The van der Waals surface area contributed by atoms with Crippen LogP contribution in [0.25, 0.3) is 0 Å². The fourth-order valence-corrected chi connectivity index (χ4v) is 4.74. The predicted molar refractivity (Wildman–Crippen MR) is 117 cm³/mol. The molecular weight excluding hydrogens is 474 g/mol. The van der Waals surface area contributed by atoms with Gasteiger partial charge in [-0.1, -0.05) is 58.5 Å². The number of halogens is 4. The summed E-state index contributed by atoms with van der Waals surface area (Å²) in [7, 11) is 0. The standard InChI is InChI=1S/C21H22Cl4O5/c1-19(27)20(2,28)30-18(17(26)7-11-3-5-13(22)8-15(11)24)21(19,29)10-12-4-6-14(23)9-16(12)25/h3-6,8-9,17-18,26-29H,7,10H2,1-2H3/t17?,18-,19+,20+,21-/m1/s1. The van der Waals surface area contributed by atoms with E-state index < -0.39 is 29.2 Å². The summed E-state index contributed by atoms with van der Waals surface area (Å²) in [6, 6.07) is 9.50. The molecule has 0 amide bonds. The second-order valence-electron chi connectivity index (χ2n) is 7.94. The minimum Gasteiger partial charge on any atom is -0.390 e. The van der Waals surface area contributed by atoms with E-state index in [9.17, 15) is 20.4 Å². The summed E-state index contributed by atoms with van der Waals surface area (Å²) in [5.74, 6) is -2.14. The summed E-state index contributed by atoms with van der Waals surface area (Å²) >= 11 is 24.3. The number of ether oxygens (including phenoxy) is 1. The molecule has 0 aliphatic carbocycles. The highest BCUT2D eigenvalue weighted by molar-refractivity contribution is 6.35. The van der Waals surface area contributed by atoms with E-state index in [0.29, 0.717) is 26.2 Å². The van der Waals surface area contributed by atoms with Gasteiger partial charge in [-0.05, 0) is 49.2 Å². The van der Waals surface area contributed by atoms with Gasteiger partial charge in [-0.3, -0.25) is 0 Å². The Labute approximate surface area is 194 Å². The van der Waals surface area contributed by atoms with Crippen molar-refractivity contribution in [3.8, 4) is 0 Å². The molecule has 164 valence electrons. The highest BCUT2D eigenvalue weighted by Gasteiger charge is 2.69. The lowest BCUT2D eigenvalue weighted by Gasteiger charge is -2.41. The Morgan fingerprint density at radius 2 is 1.40 bits per heavy atom. The molecule has 0 bridgehead atoms. The Morgan fingerprint density at radius 3 is 1.90 bits per heavy atom. The molecule has 0 saturated carbocycles. The van der Waals surface area contributed by atoms with Crippen molar-refractivity contribution in [3.05, 3.63) is 67.6 Å². The molecule has 5 atom stereocenters. The summed E-state index contributed by atoms with van der Waals surface area (Å²) in [6.45, 7) is 2.47. The van der Waals surface area contributed by atoms with Crippen LogP contribution in [0.5, 0.6) is 0 Å². The molecular formula is C21H22Cl4O5. The van der Waals surface area contributed by atoms with Crippen LogP contribution in [0.2, 0.25) is 20.1 Å². The second-order valence-corrected chi connectivity index (χ2v) is 9.62. The maximum Gasteiger partial charge on any atom is 0.195 e. The number of aliphatic hydroxyl groups is 4. The molecule has 2 aromatic rings. The van der Waals surface area contributed by atoms with E-state index in [2.05, 4.69) is 0 Å². The maximum absolute atomic E-state index is 11.6. The minimum atomic E-state index is -2.14. The Morgan fingerprint density at radius 1 is 0.900 bits per heavy atom. The van der Waals surface area contributed by atoms with E-state index >= 15 is 0 Å². The number of hydrogen-bond donors (Lipinski definition) is 4. The van der Waals surface area contributed by atoms with Crippen LogP contribution in [-0.2, 0) is 17.6 Å². The van der Waals surface area contributed by atoms with Gasteiger partial charge in [0.25, 0.3) is 0 Å². The van der Waals surface area contributed by atoms with Crippen LogP contribution in [0.3, 0.4) is 0 Å². The summed E-state index contributed by atoms with van der Waals surface area (Å²) in [5.41, 5.74) is -3.20. The number of benzene rings is 2. The molecule has 4 N–H and O–H groups in total. The first-order chi connectivity index (χ1) is 13.8. The summed E-state index contributed by atoms with van der Waals surface area (Å²) in [6.07, 6.45) is -2.90. The summed E-state index contributed by atoms with van der Waals surface area (Å²) in [4.78, 5) is 0. The van der Waals surface area contributed by atoms with Gasteiger partial charge in [-0.15, -0.1) is 0 Å². The average Bonchev–Trinajstić information content (AvgIpc) is 2.77. The minimum absolute atomic E-state index is 0.0104. The molecule has 0 radical (unpaired) electrons. The van der Waals surface area contributed by atoms with Crippen molar-refractivity contribution in [2.75, 3.05) is 0 Å². The van der Waals surface area contributed by atoms with Crippen molar-refractivity contribution in [2.45, 2.75) is 55.9 Å². The van der Waals surface area contributed by atoms with Crippen molar-refractivity contribution < 1.29 is 25.2 Å². The molecule has 9 heteroatoms. The first-order valence-electron chi connectivity index (χ1n) is 9.19. The molecule has 1 aliphatic heterocycles. The Hall–Kier alpha value is -0.600. The highest BCUT2D eigenvalue weighted by Crippen LogP contribution is 2.49. The van der Waals surface area contributed by atoms with Gasteiger partial charge in [0.1, 0.15) is 17.3 Å². The zero-order chi connectivity index (χ0) is 22.5. The second kappa shape index (κ2) is 8.39. The van der Waals surface area contributed by atoms with Crippen molar-refractivity contribution in [2.24, 2.45) is 0 Å². The van der Waals surface area contributed by atoms with Crippen molar-refractivity contribution >= 4 is 46.4 Å². The average molecular weight is 496 g/mol. The zero-order valence-electron chi connectivity index (χ0n) is 16.2. The van der Waals surface area contributed by atoms with Crippen LogP contribution in [0, 0.1) is 0 Å². The van der Waals surface area contributed by atoms with Crippen LogP contribution < -0.4 is 0 Å². The molecule has 1 heterocycles. The number of rotatable bonds is 5. The van der Waals surface area contributed by atoms with Gasteiger partial charge >= 0.3 is 0 Å². The molecule has 3 rings (SSSR count). The van der Waals surface area contributed by atoms with E-state index in [0.717, 1.165) is 0 Å². The van der Waals surface area contributed by atoms with E-state index in [4.69, 9.17) is 51.1 Å². The third-order valence-electron chi connectivity index (χ3n) is 5.84. The number of aliphatic hydroxyl groups excluding tert-OH is 1. The molecule has 0 spiro atoms. The molecule has 1 fully saturated rings. The van der Waals surface area contributed by atoms with Crippen molar-refractivity contribution in [3.63, 3.8) is 0 Å². The molecule has 1 unspecified atom stereocenters. The lowest BCUT2D eigenvalue weighted by atomic mass is 9.72. The normalized spacial score (nSPS) is 32.4. The van der Waals surface area contributed by atoms with E-state index in [-0.39, 0.29) is 17.9 Å². The fraction of sp³-hybridized carbons (Fsp3) is 0.429. The Balaban J connectivity index is 1.98. The van der Waals surface area contributed by atoms with Gasteiger partial charge < -0.3 is 25.2 Å². The van der Waals surface area contributed by atoms with Crippen molar-refractivity contribution in [1.29, 1.82) is 0 Å². The quantitative estimate of drug-likeness (QED) is 0.502. The predicted octanol–water partition coefficient (Wildman–Crippen LogP) is 4.04. The summed E-state index contributed by atoms with van der Waals surface area (Å²) in [5, 5.41) is 45.7. The molecule has 0 aromatic heterocycles.